The first kappa shape index (κ1) is 18.2. The molecule has 0 spiro atoms. The molecule has 146 valence electrons. The molecule has 0 radical (unpaired) electrons. The summed E-state index contributed by atoms with van der Waals surface area (Å²) in [6.07, 6.45) is -0.152. The topological polar surface area (TPSA) is 30.9 Å². The van der Waals surface area contributed by atoms with Crippen LogP contribution in [0, 0.1) is 0 Å². The largest absolute Gasteiger partial charge is 0.255 e. The van der Waals surface area contributed by atoms with Gasteiger partial charge in [-0.25, -0.2) is 5.01 Å². The van der Waals surface area contributed by atoms with Gasteiger partial charge in [-0.05, 0) is 29.8 Å². The van der Waals surface area contributed by atoms with Crippen molar-refractivity contribution in [2.45, 2.75) is 6.17 Å². The molecule has 0 saturated heterocycles. The maximum atomic E-state index is 5.15. The number of nitrogens with one attached hydrogen (secondary N) is 1. The molecular weight excluding hydrogens is 368 g/mol. The van der Waals surface area contributed by atoms with Crippen LogP contribution in [0.15, 0.2) is 126 Å². The van der Waals surface area contributed by atoms with E-state index in [9.17, 15) is 0 Å². The lowest BCUT2D eigenvalue weighted by molar-refractivity contribution is 0.500. The highest BCUT2D eigenvalue weighted by molar-refractivity contribution is 6.10. The summed E-state index contributed by atoms with van der Waals surface area (Å²) in [5.41, 5.74) is 7.96. The number of anilines is 2. The SMILES string of the molecule is c1ccc(C2=NN(c3ccccc3)C(c3ccccc3)NN2c2ccccc2)cc1. The van der Waals surface area contributed by atoms with Crippen LogP contribution < -0.4 is 15.4 Å². The Bertz CT molecular complexity index is 1110. The van der Waals surface area contributed by atoms with Gasteiger partial charge in [-0.15, -0.1) is 0 Å². The number of rotatable bonds is 4. The van der Waals surface area contributed by atoms with Gasteiger partial charge in [0.15, 0.2) is 5.84 Å². The first-order valence-electron chi connectivity index (χ1n) is 10.0. The van der Waals surface area contributed by atoms with E-state index in [0.29, 0.717) is 0 Å². The lowest BCUT2D eigenvalue weighted by Gasteiger charge is -2.41. The number of hydrazine groups is 1. The van der Waals surface area contributed by atoms with E-state index >= 15 is 0 Å². The van der Waals surface area contributed by atoms with Crippen LogP contribution in [-0.4, -0.2) is 5.84 Å². The third-order valence-corrected chi connectivity index (χ3v) is 5.09. The summed E-state index contributed by atoms with van der Waals surface area (Å²) < 4.78 is 0. The van der Waals surface area contributed by atoms with Crippen LogP contribution in [0.3, 0.4) is 0 Å². The van der Waals surface area contributed by atoms with E-state index in [4.69, 9.17) is 5.10 Å². The van der Waals surface area contributed by atoms with Crippen LogP contribution in [0.5, 0.6) is 0 Å². The van der Waals surface area contributed by atoms with Gasteiger partial charge in [0.05, 0.1) is 11.4 Å². The normalized spacial score (nSPS) is 16.3. The molecule has 0 fully saturated rings. The van der Waals surface area contributed by atoms with E-state index in [2.05, 4.69) is 76.1 Å². The van der Waals surface area contributed by atoms with Gasteiger partial charge in [-0.2, -0.15) is 10.5 Å². The van der Waals surface area contributed by atoms with Gasteiger partial charge in [-0.1, -0.05) is 97.1 Å². The molecular formula is C26H22N4. The fraction of sp³-hybridized carbons (Fsp3) is 0.0385. The average molecular weight is 390 g/mol. The maximum absolute atomic E-state index is 5.15. The molecule has 4 aromatic rings. The summed E-state index contributed by atoms with van der Waals surface area (Å²) in [4.78, 5) is 0. The van der Waals surface area contributed by atoms with Crippen LogP contribution in [-0.2, 0) is 0 Å². The second-order valence-corrected chi connectivity index (χ2v) is 7.08. The monoisotopic (exact) mass is 390 g/mol. The molecule has 1 N–H and O–H groups in total. The van der Waals surface area contributed by atoms with Gasteiger partial charge in [0.2, 0.25) is 0 Å². The minimum atomic E-state index is -0.152. The van der Waals surface area contributed by atoms with Crippen molar-refractivity contribution in [2.24, 2.45) is 5.10 Å². The molecule has 4 aromatic carbocycles. The van der Waals surface area contributed by atoms with E-state index < -0.39 is 0 Å². The number of hydrazone groups is 1. The summed E-state index contributed by atoms with van der Waals surface area (Å²) in [6, 6.07) is 41.2. The van der Waals surface area contributed by atoms with Crippen molar-refractivity contribution in [3.05, 3.63) is 132 Å². The van der Waals surface area contributed by atoms with Crippen LogP contribution in [0.25, 0.3) is 0 Å². The van der Waals surface area contributed by atoms with Crippen LogP contribution in [0.2, 0.25) is 0 Å². The Labute approximate surface area is 176 Å². The third-order valence-electron chi connectivity index (χ3n) is 5.09. The van der Waals surface area contributed by atoms with Crippen molar-refractivity contribution in [3.63, 3.8) is 0 Å². The van der Waals surface area contributed by atoms with E-state index in [0.717, 1.165) is 28.3 Å². The summed E-state index contributed by atoms with van der Waals surface area (Å²) in [7, 11) is 0. The Morgan fingerprint density at radius 2 is 1.07 bits per heavy atom. The number of nitrogens with zero attached hydrogens (tertiary/aromatic N) is 3. The van der Waals surface area contributed by atoms with Gasteiger partial charge in [0.25, 0.3) is 0 Å². The molecule has 4 nitrogen and oxygen atoms in total. The van der Waals surface area contributed by atoms with Crippen molar-refractivity contribution < 1.29 is 0 Å². The number of benzene rings is 4. The predicted octanol–water partition coefficient (Wildman–Crippen LogP) is 5.58. The molecule has 30 heavy (non-hydrogen) atoms. The fourth-order valence-corrected chi connectivity index (χ4v) is 3.63. The third kappa shape index (κ3) is 3.56. The molecule has 1 aliphatic heterocycles. The second kappa shape index (κ2) is 8.23. The lowest BCUT2D eigenvalue weighted by atomic mass is 10.1. The summed E-state index contributed by atoms with van der Waals surface area (Å²) in [5.74, 6) is 0.845. The lowest BCUT2D eigenvalue weighted by Crippen LogP contribution is -2.55. The van der Waals surface area contributed by atoms with Crippen molar-refractivity contribution in [2.75, 3.05) is 10.0 Å². The Hall–Kier alpha value is -3.89. The number of hydrogen-bond donors (Lipinski definition) is 1. The van der Waals surface area contributed by atoms with Crippen LogP contribution >= 0.6 is 0 Å². The average Bonchev–Trinajstić information content (AvgIpc) is 2.85. The predicted molar refractivity (Wildman–Crippen MR) is 123 cm³/mol. The molecule has 1 heterocycles. The zero-order chi connectivity index (χ0) is 20.2. The Morgan fingerprint density at radius 1 is 0.567 bits per heavy atom. The molecule has 1 unspecified atom stereocenters. The van der Waals surface area contributed by atoms with Gasteiger partial charge in [0, 0.05) is 5.56 Å². The number of amidine groups is 1. The van der Waals surface area contributed by atoms with Crippen molar-refractivity contribution in [1.82, 2.24) is 5.43 Å². The van der Waals surface area contributed by atoms with Gasteiger partial charge >= 0.3 is 0 Å². The van der Waals surface area contributed by atoms with E-state index in [1.807, 2.05) is 60.7 Å². The molecule has 0 aromatic heterocycles. The standard InChI is InChI=1S/C26H22N4/c1-5-13-21(14-6-1)25-27-30(24-19-11-4-12-20-24)26(22-15-7-2-8-16-22)28-29(25)23-17-9-3-10-18-23/h1-20,25,27H. The smallest absolute Gasteiger partial charge is 0.175 e. The van der Waals surface area contributed by atoms with E-state index in [-0.39, 0.29) is 6.17 Å². The summed E-state index contributed by atoms with van der Waals surface area (Å²) in [5, 5.41) is 9.28. The van der Waals surface area contributed by atoms with Crippen molar-refractivity contribution in [1.29, 1.82) is 0 Å². The van der Waals surface area contributed by atoms with Crippen LogP contribution in [0.1, 0.15) is 17.3 Å². The maximum Gasteiger partial charge on any atom is 0.175 e. The Balaban J connectivity index is 1.69. The van der Waals surface area contributed by atoms with E-state index in [1.54, 1.807) is 0 Å². The van der Waals surface area contributed by atoms with Gasteiger partial charge in [-0.3, -0.25) is 5.01 Å². The minimum absolute atomic E-state index is 0.152. The van der Waals surface area contributed by atoms with E-state index in [1.165, 1.54) is 0 Å². The van der Waals surface area contributed by atoms with Crippen LogP contribution in [0.4, 0.5) is 11.4 Å². The highest BCUT2D eigenvalue weighted by Gasteiger charge is 2.31. The molecule has 0 bridgehead atoms. The molecule has 1 atom stereocenters. The minimum Gasteiger partial charge on any atom is -0.255 e. The zero-order valence-corrected chi connectivity index (χ0v) is 16.5. The molecule has 0 aliphatic carbocycles. The zero-order valence-electron chi connectivity index (χ0n) is 16.5. The quantitative estimate of drug-likeness (QED) is 0.494. The molecule has 5 rings (SSSR count). The molecule has 0 saturated carbocycles. The summed E-state index contributed by atoms with van der Waals surface area (Å²) >= 11 is 0. The first-order valence-corrected chi connectivity index (χ1v) is 10.0. The molecule has 0 amide bonds. The molecule has 1 aliphatic rings. The number of hydrogen-bond acceptors (Lipinski definition) is 4. The first-order chi connectivity index (χ1) is 14.9. The van der Waals surface area contributed by atoms with Crippen molar-refractivity contribution >= 4 is 17.2 Å². The Morgan fingerprint density at radius 3 is 1.67 bits per heavy atom. The number of para-hydroxylation sites is 2. The summed E-state index contributed by atoms with van der Waals surface area (Å²) in [6.45, 7) is 0. The second-order valence-electron chi connectivity index (χ2n) is 7.08. The molecule has 4 heteroatoms. The highest BCUT2D eigenvalue weighted by atomic mass is 15.7. The Kier molecular flexibility index (Phi) is 4.98. The van der Waals surface area contributed by atoms with Gasteiger partial charge < -0.3 is 0 Å². The van der Waals surface area contributed by atoms with Crippen molar-refractivity contribution in [3.8, 4) is 0 Å². The van der Waals surface area contributed by atoms with Gasteiger partial charge in [0.1, 0.15) is 6.17 Å². The highest BCUT2D eigenvalue weighted by Crippen LogP contribution is 2.31. The fourth-order valence-electron chi connectivity index (χ4n) is 3.63.